The molecule has 16 heavy (non-hydrogen) atoms. The van der Waals surface area contributed by atoms with E-state index in [1.165, 1.54) is 19.3 Å². The molecule has 1 aromatic heterocycles. The highest BCUT2D eigenvalue weighted by Gasteiger charge is 2.36. The maximum Gasteiger partial charge on any atom is 0.139 e. The molecule has 88 valence electrons. The standard InChI is InChI=1S/C11H15BrN2OS/c1-15-11(5-3-2-4-6-11)10-13-7-8(12)9(16)14-10/h7H,2-6H2,1H3,(H,13,14,16). The lowest BCUT2D eigenvalue weighted by molar-refractivity contribution is -0.0516. The van der Waals surface area contributed by atoms with E-state index in [2.05, 4.69) is 25.9 Å². The Hall–Kier alpha value is -0.260. The summed E-state index contributed by atoms with van der Waals surface area (Å²) in [6, 6.07) is 0. The molecule has 1 aromatic rings. The maximum absolute atomic E-state index is 5.70. The van der Waals surface area contributed by atoms with Crippen LogP contribution in [0.1, 0.15) is 37.9 Å². The molecular formula is C11H15BrN2OS. The number of nitrogens with zero attached hydrogens (tertiary/aromatic N) is 1. The van der Waals surface area contributed by atoms with Gasteiger partial charge in [-0.1, -0.05) is 31.5 Å². The third kappa shape index (κ3) is 2.21. The van der Waals surface area contributed by atoms with Crippen molar-refractivity contribution in [1.29, 1.82) is 0 Å². The number of hydrogen-bond acceptors (Lipinski definition) is 3. The van der Waals surface area contributed by atoms with Crippen molar-refractivity contribution in [2.24, 2.45) is 0 Å². The van der Waals surface area contributed by atoms with Crippen molar-refractivity contribution in [1.82, 2.24) is 9.97 Å². The summed E-state index contributed by atoms with van der Waals surface area (Å²) in [6.07, 6.45) is 7.44. The number of rotatable bonds is 2. The SMILES string of the molecule is COC1(c2ncc(Br)c(=S)[nH]2)CCCCC1. The van der Waals surface area contributed by atoms with Crippen LogP contribution in [-0.4, -0.2) is 17.1 Å². The summed E-state index contributed by atoms with van der Waals surface area (Å²) in [5.41, 5.74) is -0.257. The first kappa shape index (κ1) is 12.2. The van der Waals surface area contributed by atoms with Crippen LogP contribution in [-0.2, 0) is 10.3 Å². The van der Waals surface area contributed by atoms with E-state index in [4.69, 9.17) is 17.0 Å². The fourth-order valence-electron chi connectivity index (χ4n) is 2.27. The van der Waals surface area contributed by atoms with Gasteiger partial charge in [0.15, 0.2) is 0 Å². The molecular weight excluding hydrogens is 288 g/mol. The number of ether oxygens (including phenoxy) is 1. The third-order valence-corrected chi connectivity index (χ3v) is 4.43. The lowest BCUT2D eigenvalue weighted by Gasteiger charge is -2.34. The number of aromatic amines is 1. The summed E-state index contributed by atoms with van der Waals surface area (Å²) in [6.45, 7) is 0. The van der Waals surface area contributed by atoms with Crippen molar-refractivity contribution in [2.75, 3.05) is 7.11 Å². The van der Waals surface area contributed by atoms with Crippen molar-refractivity contribution in [3.63, 3.8) is 0 Å². The van der Waals surface area contributed by atoms with Crippen molar-refractivity contribution in [2.45, 2.75) is 37.7 Å². The summed E-state index contributed by atoms with van der Waals surface area (Å²) in [7, 11) is 1.76. The topological polar surface area (TPSA) is 37.9 Å². The van der Waals surface area contributed by atoms with Crippen LogP contribution in [0.15, 0.2) is 10.7 Å². The van der Waals surface area contributed by atoms with Gasteiger partial charge in [0.05, 0.1) is 4.47 Å². The van der Waals surface area contributed by atoms with Gasteiger partial charge in [-0.3, -0.25) is 0 Å². The Balaban J connectivity index is 2.39. The molecule has 0 bridgehead atoms. The average molecular weight is 303 g/mol. The zero-order valence-corrected chi connectivity index (χ0v) is 11.7. The van der Waals surface area contributed by atoms with Crippen LogP contribution in [0.3, 0.4) is 0 Å². The van der Waals surface area contributed by atoms with Gasteiger partial charge in [-0.05, 0) is 28.8 Å². The molecule has 0 amide bonds. The largest absolute Gasteiger partial charge is 0.370 e. The van der Waals surface area contributed by atoms with E-state index in [1.807, 2.05) is 0 Å². The molecule has 1 aliphatic carbocycles. The first-order valence-corrected chi connectivity index (χ1v) is 6.68. The first-order valence-electron chi connectivity index (χ1n) is 5.48. The molecule has 2 rings (SSSR count). The minimum Gasteiger partial charge on any atom is -0.370 e. The Morgan fingerprint density at radius 3 is 2.69 bits per heavy atom. The maximum atomic E-state index is 5.70. The molecule has 0 saturated heterocycles. The van der Waals surface area contributed by atoms with Crippen LogP contribution in [0.2, 0.25) is 0 Å². The van der Waals surface area contributed by atoms with Gasteiger partial charge in [0.2, 0.25) is 0 Å². The average Bonchev–Trinajstić information content (AvgIpc) is 2.33. The van der Waals surface area contributed by atoms with Gasteiger partial charge >= 0.3 is 0 Å². The number of halogens is 1. The van der Waals surface area contributed by atoms with Gasteiger partial charge in [0.25, 0.3) is 0 Å². The summed E-state index contributed by atoms with van der Waals surface area (Å²) in [5.74, 6) is 0.864. The molecule has 0 atom stereocenters. The number of H-pyrrole nitrogens is 1. The van der Waals surface area contributed by atoms with E-state index in [-0.39, 0.29) is 5.60 Å². The molecule has 1 heterocycles. The van der Waals surface area contributed by atoms with Gasteiger partial charge in [-0.2, -0.15) is 0 Å². The molecule has 1 saturated carbocycles. The molecule has 0 aliphatic heterocycles. The minimum absolute atomic E-state index is 0.257. The lowest BCUT2D eigenvalue weighted by atomic mass is 9.84. The molecule has 1 aliphatic rings. The Morgan fingerprint density at radius 2 is 2.12 bits per heavy atom. The van der Waals surface area contributed by atoms with Crippen LogP contribution in [0.25, 0.3) is 0 Å². The zero-order valence-electron chi connectivity index (χ0n) is 9.25. The van der Waals surface area contributed by atoms with Crippen LogP contribution in [0.5, 0.6) is 0 Å². The second kappa shape index (κ2) is 4.94. The summed E-state index contributed by atoms with van der Waals surface area (Å²) in [4.78, 5) is 7.58. The van der Waals surface area contributed by atoms with Gasteiger partial charge < -0.3 is 9.72 Å². The molecule has 1 fully saturated rings. The first-order chi connectivity index (χ1) is 7.68. The van der Waals surface area contributed by atoms with Crippen molar-refractivity contribution >= 4 is 28.1 Å². The van der Waals surface area contributed by atoms with E-state index in [9.17, 15) is 0 Å². The van der Waals surface area contributed by atoms with E-state index in [0.717, 1.165) is 23.1 Å². The number of hydrogen-bond donors (Lipinski definition) is 1. The number of methoxy groups -OCH3 is 1. The fraction of sp³-hybridized carbons (Fsp3) is 0.636. The molecule has 5 heteroatoms. The molecule has 0 spiro atoms. The predicted octanol–water partition coefficient (Wildman–Crippen LogP) is 3.71. The van der Waals surface area contributed by atoms with Crippen molar-refractivity contribution in [3.8, 4) is 0 Å². The van der Waals surface area contributed by atoms with Crippen LogP contribution in [0, 0.1) is 4.64 Å². The monoisotopic (exact) mass is 302 g/mol. The van der Waals surface area contributed by atoms with Crippen LogP contribution in [0.4, 0.5) is 0 Å². The number of aromatic nitrogens is 2. The Labute approximate surface area is 109 Å². The second-order valence-electron chi connectivity index (χ2n) is 4.17. The van der Waals surface area contributed by atoms with Crippen molar-refractivity contribution < 1.29 is 4.74 Å². The van der Waals surface area contributed by atoms with Gasteiger partial charge in [-0.15, -0.1) is 0 Å². The van der Waals surface area contributed by atoms with E-state index in [1.54, 1.807) is 13.3 Å². The summed E-state index contributed by atoms with van der Waals surface area (Å²) >= 11 is 8.56. The Bertz CT molecular complexity index is 426. The van der Waals surface area contributed by atoms with Crippen molar-refractivity contribution in [3.05, 3.63) is 21.1 Å². The van der Waals surface area contributed by atoms with Gasteiger partial charge in [0, 0.05) is 13.3 Å². The molecule has 1 N–H and O–H groups in total. The highest BCUT2D eigenvalue weighted by atomic mass is 79.9. The molecule has 3 nitrogen and oxygen atoms in total. The molecule has 0 aromatic carbocycles. The van der Waals surface area contributed by atoms with E-state index >= 15 is 0 Å². The normalized spacial score (nSPS) is 19.6. The smallest absolute Gasteiger partial charge is 0.139 e. The summed E-state index contributed by atoms with van der Waals surface area (Å²) < 4.78 is 7.22. The van der Waals surface area contributed by atoms with E-state index in [0.29, 0.717) is 4.64 Å². The Kier molecular flexibility index (Phi) is 3.77. The highest BCUT2D eigenvalue weighted by Crippen LogP contribution is 2.38. The van der Waals surface area contributed by atoms with E-state index < -0.39 is 0 Å². The van der Waals surface area contributed by atoms with Crippen LogP contribution >= 0.6 is 28.1 Å². The third-order valence-electron chi connectivity index (χ3n) is 3.24. The quantitative estimate of drug-likeness (QED) is 0.846. The predicted molar refractivity (Wildman–Crippen MR) is 68.9 cm³/mol. The van der Waals surface area contributed by atoms with Gasteiger partial charge in [-0.25, -0.2) is 4.98 Å². The minimum atomic E-state index is -0.257. The summed E-state index contributed by atoms with van der Waals surface area (Å²) in [5, 5.41) is 0. The van der Waals surface area contributed by atoms with Gasteiger partial charge in [0.1, 0.15) is 16.1 Å². The second-order valence-corrected chi connectivity index (χ2v) is 5.43. The fourth-order valence-corrected chi connectivity index (χ4v) is 2.62. The highest BCUT2D eigenvalue weighted by molar-refractivity contribution is 9.10. The Morgan fingerprint density at radius 1 is 1.44 bits per heavy atom. The molecule has 0 radical (unpaired) electrons. The lowest BCUT2D eigenvalue weighted by Crippen LogP contribution is -2.33. The zero-order chi connectivity index (χ0) is 11.6. The molecule has 0 unspecified atom stereocenters. The van der Waals surface area contributed by atoms with Crippen LogP contribution < -0.4 is 0 Å². The number of nitrogens with one attached hydrogen (secondary N) is 1.